The first kappa shape index (κ1) is 13.5. The van der Waals surface area contributed by atoms with Crippen LogP contribution < -0.4 is 0 Å². The van der Waals surface area contributed by atoms with Gasteiger partial charge in [-0.2, -0.15) is 4.21 Å². The molecule has 86 valence electrons. The maximum atomic E-state index is 10.7. The molecule has 0 aromatic rings. The summed E-state index contributed by atoms with van der Waals surface area (Å²) in [6.45, 7) is -0.792. The number of hydrogen-bond donors (Lipinski definition) is 2. The molecule has 15 heavy (non-hydrogen) atoms. The van der Waals surface area contributed by atoms with Gasteiger partial charge in [-0.1, -0.05) is 0 Å². The summed E-state index contributed by atoms with van der Waals surface area (Å²) in [7, 11) is 0. The van der Waals surface area contributed by atoms with Crippen molar-refractivity contribution < 1.29 is 37.2 Å². The van der Waals surface area contributed by atoms with Gasteiger partial charge in [-0.05, 0) is 0 Å². The molecule has 1 atom stereocenters. The molecule has 0 spiro atoms. The summed E-state index contributed by atoms with van der Waals surface area (Å²) in [5.41, 5.74) is 0. The zero-order chi connectivity index (χ0) is 11.8. The van der Waals surface area contributed by atoms with E-state index in [-0.39, 0.29) is 0 Å². The second kappa shape index (κ2) is 6.90. The van der Waals surface area contributed by atoms with Crippen LogP contribution in [0.15, 0.2) is 0 Å². The third-order valence-corrected chi connectivity index (χ3v) is 1.38. The molecule has 0 radical (unpaired) electrons. The lowest BCUT2D eigenvalue weighted by Crippen LogP contribution is -2.15. The average Bonchev–Trinajstić information content (AvgIpc) is 2.10. The Labute approximate surface area is 86.7 Å². The van der Waals surface area contributed by atoms with E-state index in [2.05, 4.69) is 8.92 Å². The lowest BCUT2D eigenvalue weighted by Gasteiger charge is -2.00. The van der Waals surface area contributed by atoms with Crippen molar-refractivity contribution in [3.05, 3.63) is 0 Å². The summed E-state index contributed by atoms with van der Waals surface area (Å²) in [4.78, 5) is 31.2. The lowest BCUT2D eigenvalue weighted by atomic mass is 10.3. The van der Waals surface area contributed by atoms with Crippen LogP contribution in [0.25, 0.3) is 0 Å². The van der Waals surface area contributed by atoms with Gasteiger partial charge in [0, 0.05) is 0 Å². The minimum Gasteiger partial charge on any atom is -0.479 e. The maximum absolute atomic E-state index is 10.7. The van der Waals surface area contributed by atoms with Crippen LogP contribution in [-0.4, -0.2) is 38.4 Å². The summed E-state index contributed by atoms with van der Waals surface area (Å²) in [6, 6.07) is 0. The van der Waals surface area contributed by atoms with Gasteiger partial charge in [-0.25, -0.2) is 4.79 Å². The summed E-state index contributed by atoms with van der Waals surface area (Å²) >= 11 is -2.72. The normalized spacial score (nSPS) is 11.5. The molecule has 0 aromatic heterocycles. The van der Waals surface area contributed by atoms with E-state index in [0.717, 1.165) is 0 Å². The van der Waals surface area contributed by atoms with Gasteiger partial charge in [0.15, 0.2) is 6.61 Å². The second-order valence-electron chi connectivity index (χ2n) is 2.23. The average molecular weight is 240 g/mol. The number of esters is 1. The molecule has 0 rings (SSSR count). The summed E-state index contributed by atoms with van der Waals surface area (Å²) in [5.74, 6) is -3.27. The highest BCUT2D eigenvalue weighted by atomic mass is 32.2. The predicted molar refractivity (Wildman–Crippen MR) is 44.7 cm³/mol. The number of carboxylic acids is 1. The van der Waals surface area contributed by atoms with Crippen LogP contribution >= 0.6 is 0 Å². The van der Waals surface area contributed by atoms with Crippen LogP contribution in [0.5, 0.6) is 0 Å². The monoisotopic (exact) mass is 240 g/mol. The summed E-state index contributed by atoms with van der Waals surface area (Å²) < 4.78 is 26.0. The van der Waals surface area contributed by atoms with E-state index in [1.165, 1.54) is 0 Å². The van der Waals surface area contributed by atoms with Crippen molar-refractivity contribution in [3.8, 4) is 0 Å². The molecule has 0 aliphatic heterocycles. The second-order valence-corrected chi connectivity index (χ2v) is 2.83. The molecule has 0 aromatic carbocycles. The van der Waals surface area contributed by atoms with Crippen LogP contribution in [-0.2, 0) is 34.7 Å². The molecule has 9 heteroatoms. The van der Waals surface area contributed by atoms with Crippen molar-refractivity contribution in [2.75, 3.05) is 6.61 Å². The molecule has 0 saturated heterocycles. The zero-order valence-corrected chi connectivity index (χ0v) is 8.19. The van der Waals surface area contributed by atoms with E-state index in [1.54, 1.807) is 0 Å². The Bertz CT molecular complexity index is 285. The van der Waals surface area contributed by atoms with E-state index >= 15 is 0 Å². The molecular weight excluding hydrogens is 232 g/mol. The number of carboxylic acid groups (broad SMARTS) is 1. The molecule has 1 unspecified atom stereocenters. The minimum atomic E-state index is -2.72. The first-order valence-corrected chi connectivity index (χ1v) is 4.64. The van der Waals surface area contributed by atoms with Crippen LogP contribution in [0, 0.1) is 0 Å². The largest absolute Gasteiger partial charge is 0.479 e. The van der Waals surface area contributed by atoms with Crippen LogP contribution in [0.3, 0.4) is 0 Å². The molecule has 0 heterocycles. The van der Waals surface area contributed by atoms with E-state index in [0.29, 0.717) is 0 Å². The summed E-state index contributed by atoms with van der Waals surface area (Å²) in [5, 5.41) is 8.12. The maximum Gasteiger partial charge on any atom is 0.360 e. The number of carbonyl (C=O) groups excluding carboxylic acids is 2. The third-order valence-electron chi connectivity index (χ3n) is 1.05. The molecular formula is C6H8O8S. The van der Waals surface area contributed by atoms with Crippen molar-refractivity contribution in [3.63, 3.8) is 0 Å². The summed E-state index contributed by atoms with van der Waals surface area (Å²) in [6.07, 6.45) is -0.867. The van der Waals surface area contributed by atoms with Gasteiger partial charge >= 0.3 is 29.3 Å². The Morgan fingerprint density at radius 3 is 2.13 bits per heavy atom. The Morgan fingerprint density at radius 2 is 1.67 bits per heavy atom. The van der Waals surface area contributed by atoms with Crippen molar-refractivity contribution in [2.24, 2.45) is 0 Å². The smallest absolute Gasteiger partial charge is 0.360 e. The van der Waals surface area contributed by atoms with Gasteiger partial charge in [-0.3, -0.25) is 14.1 Å². The highest BCUT2D eigenvalue weighted by Gasteiger charge is 2.12. The standard InChI is InChI=1S/C6H8O8S/c7-4(8)3-13-5(9)1-2-6(10)14-15(11)12/h1-3H2,(H,7,8)(H,11,12). The van der Waals surface area contributed by atoms with Crippen molar-refractivity contribution in [2.45, 2.75) is 12.8 Å². The van der Waals surface area contributed by atoms with E-state index < -0.39 is 48.7 Å². The Morgan fingerprint density at radius 1 is 1.13 bits per heavy atom. The number of hydrogen-bond acceptors (Lipinski definition) is 6. The SMILES string of the molecule is O=C(O)COC(=O)CCC(=O)OS(=O)O. The van der Waals surface area contributed by atoms with E-state index in [4.69, 9.17) is 9.66 Å². The molecule has 0 fully saturated rings. The molecule has 2 N–H and O–H groups in total. The molecule has 0 aliphatic carbocycles. The van der Waals surface area contributed by atoms with Crippen LogP contribution in [0.2, 0.25) is 0 Å². The Balaban J connectivity index is 3.66. The first-order chi connectivity index (χ1) is 6.91. The Kier molecular flexibility index (Phi) is 6.22. The fourth-order valence-corrected chi connectivity index (χ4v) is 0.782. The molecule has 0 amide bonds. The quantitative estimate of drug-likeness (QED) is 0.450. The van der Waals surface area contributed by atoms with Gasteiger partial charge in [0.05, 0.1) is 12.8 Å². The number of carbonyl (C=O) groups is 3. The molecule has 0 saturated carbocycles. The molecule has 0 aliphatic rings. The highest BCUT2D eigenvalue weighted by Crippen LogP contribution is 1.96. The van der Waals surface area contributed by atoms with Gasteiger partial charge in [0.2, 0.25) is 0 Å². The van der Waals surface area contributed by atoms with E-state index in [1.807, 2.05) is 0 Å². The number of rotatable bonds is 6. The molecule has 0 bridgehead atoms. The first-order valence-electron chi connectivity index (χ1n) is 3.61. The van der Waals surface area contributed by atoms with Gasteiger partial charge in [-0.15, -0.1) is 0 Å². The zero-order valence-electron chi connectivity index (χ0n) is 7.37. The molecule has 8 nitrogen and oxygen atoms in total. The van der Waals surface area contributed by atoms with E-state index in [9.17, 15) is 18.6 Å². The Hall–Kier alpha value is -1.48. The van der Waals surface area contributed by atoms with Gasteiger partial charge in [0.1, 0.15) is 0 Å². The minimum absolute atomic E-state index is 0.413. The lowest BCUT2D eigenvalue weighted by molar-refractivity contribution is -0.155. The fourth-order valence-electron chi connectivity index (χ4n) is 0.540. The van der Waals surface area contributed by atoms with Crippen molar-refractivity contribution in [1.82, 2.24) is 0 Å². The topological polar surface area (TPSA) is 127 Å². The van der Waals surface area contributed by atoms with Crippen molar-refractivity contribution in [1.29, 1.82) is 0 Å². The van der Waals surface area contributed by atoms with Crippen LogP contribution in [0.1, 0.15) is 12.8 Å². The predicted octanol–water partition coefficient (Wildman–Crippen LogP) is -0.926. The highest BCUT2D eigenvalue weighted by molar-refractivity contribution is 7.74. The number of aliphatic carboxylic acids is 1. The fraction of sp³-hybridized carbons (Fsp3) is 0.500. The number of ether oxygens (including phenoxy) is 1. The van der Waals surface area contributed by atoms with Crippen molar-refractivity contribution >= 4 is 29.3 Å². The van der Waals surface area contributed by atoms with Crippen LogP contribution in [0.4, 0.5) is 0 Å². The van der Waals surface area contributed by atoms with Gasteiger partial charge < -0.3 is 14.0 Å². The van der Waals surface area contributed by atoms with Gasteiger partial charge in [0.25, 0.3) is 0 Å². The third kappa shape index (κ3) is 8.84.